The molecule has 2 nitrogen and oxygen atoms in total. The van der Waals surface area contributed by atoms with E-state index in [9.17, 15) is 141 Å². The smallest absolute Gasteiger partial charge is 0.460 e. The highest BCUT2D eigenvalue weighted by atomic mass is 19.4. The fraction of sp³-hybridized carbons (Fsp3) is 0.850. The lowest BCUT2D eigenvalue weighted by atomic mass is 9.83. The molecule has 0 atom stereocenters. The van der Waals surface area contributed by atoms with Gasteiger partial charge in [-0.3, -0.25) is 0 Å². The molecule has 316 valence electrons. The standard InChI is InChI=1S/C20H7F31O2/c1-2-5(52)53-4-3-6(21,22)7(23,24)8(25,26)9(27,28)10(29,30)11(31,32)12(33,34)13(35,36)14(37,38)15(39,40)16(41,42)17(43,44)18(45,46)19(47,48)20(49,50)51/h2H,1,3-4H2. The summed E-state index contributed by atoms with van der Waals surface area (Å²) in [5.74, 6) is -134. The molecule has 0 bridgehead atoms. The van der Waals surface area contributed by atoms with E-state index < -0.39 is 108 Å². The minimum Gasteiger partial charge on any atom is -0.462 e. The van der Waals surface area contributed by atoms with Gasteiger partial charge in [0.05, 0.1) is 13.0 Å². The van der Waals surface area contributed by atoms with Crippen molar-refractivity contribution in [3.8, 4) is 0 Å². The number of carbonyl (C=O) groups is 1. The molecule has 0 unspecified atom stereocenters. The molecule has 0 aromatic carbocycles. The molecular formula is C20H7F31O2. The second-order valence-electron chi connectivity index (χ2n) is 9.79. The Balaban J connectivity index is 7.50. The Bertz CT molecular complexity index is 1350. The van der Waals surface area contributed by atoms with Crippen molar-refractivity contribution < 1.29 is 146 Å². The van der Waals surface area contributed by atoms with Crippen molar-refractivity contribution in [1.82, 2.24) is 0 Å². The van der Waals surface area contributed by atoms with E-state index in [0.29, 0.717) is 0 Å². The van der Waals surface area contributed by atoms with Crippen molar-refractivity contribution in [3.63, 3.8) is 0 Å². The summed E-state index contributed by atoms with van der Waals surface area (Å²) in [5.41, 5.74) is 0. The SMILES string of the molecule is C=CC(=O)OCCC(F)(F)C(F)(F)C(F)(F)C(F)(F)C(F)(F)C(F)(F)C(F)(F)C(F)(F)C(F)(F)C(F)(F)C(F)(F)C(F)(F)C(F)(F)C(F)(F)C(F)(F)F. The number of hydrogen-bond acceptors (Lipinski definition) is 2. The zero-order chi connectivity index (χ0) is 43.9. The van der Waals surface area contributed by atoms with Gasteiger partial charge in [0.15, 0.2) is 0 Å². The molecule has 0 saturated heterocycles. The summed E-state index contributed by atoms with van der Waals surface area (Å²) in [6.45, 7) is 0.132. The third-order valence-electron chi connectivity index (χ3n) is 6.37. The van der Waals surface area contributed by atoms with Gasteiger partial charge < -0.3 is 4.74 Å². The molecule has 0 spiro atoms. The van der Waals surface area contributed by atoms with Gasteiger partial charge in [0.2, 0.25) is 0 Å². The Hall–Kier alpha value is -2.96. The summed E-state index contributed by atoms with van der Waals surface area (Å²) in [5, 5.41) is 0. The Morgan fingerprint density at radius 1 is 0.358 bits per heavy atom. The molecular weight excluding hydrogens is 861 g/mol. The average molecular weight is 868 g/mol. The summed E-state index contributed by atoms with van der Waals surface area (Å²) >= 11 is 0. The van der Waals surface area contributed by atoms with Crippen molar-refractivity contribution in [1.29, 1.82) is 0 Å². The van der Waals surface area contributed by atoms with E-state index >= 15 is 0 Å². The van der Waals surface area contributed by atoms with Crippen LogP contribution in [0.1, 0.15) is 6.42 Å². The van der Waals surface area contributed by atoms with E-state index in [1.54, 1.807) is 0 Å². The van der Waals surface area contributed by atoms with Crippen molar-refractivity contribution in [2.75, 3.05) is 6.61 Å². The van der Waals surface area contributed by atoms with Crippen LogP contribution in [-0.2, 0) is 9.53 Å². The zero-order valence-electron chi connectivity index (χ0n) is 23.2. The number of alkyl halides is 31. The third-order valence-corrected chi connectivity index (χ3v) is 6.37. The van der Waals surface area contributed by atoms with E-state index in [1.165, 1.54) is 0 Å². The van der Waals surface area contributed by atoms with E-state index in [0.717, 1.165) is 0 Å². The van der Waals surface area contributed by atoms with Gasteiger partial charge in [-0.05, 0) is 0 Å². The number of hydrogen-bond donors (Lipinski definition) is 0. The maximum absolute atomic E-state index is 13.9. The molecule has 33 heteroatoms. The summed E-state index contributed by atoms with van der Waals surface area (Å²) in [4.78, 5) is 10.6. The largest absolute Gasteiger partial charge is 0.462 e. The predicted molar refractivity (Wildman–Crippen MR) is 101 cm³/mol. The first-order valence-electron chi connectivity index (χ1n) is 11.6. The summed E-state index contributed by atoms with van der Waals surface area (Å²) in [6, 6.07) is 0. The van der Waals surface area contributed by atoms with Gasteiger partial charge in [-0.1, -0.05) is 6.58 Å². The van der Waals surface area contributed by atoms with Crippen LogP contribution in [0.5, 0.6) is 0 Å². The Labute approximate surface area is 267 Å². The fourth-order valence-corrected chi connectivity index (χ4v) is 3.07. The Kier molecular flexibility index (Phi) is 12.1. The molecule has 0 fully saturated rings. The molecule has 0 aromatic heterocycles. The van der Waals surface area contributed by atoms with Crippen LogP contribution in [0.15, 0.2) is 12.7 Å². The van der Waals surface area contributed by atoms with Gasteiger partial charge in [-0.25, -0.2) is 4.79 Å². The summed E-state index contributed by atoms with van der Waals surface area (Å²) < 4.78 is 422. The van der Waals surface area contributed by atoms with Crippen LogP contribution in [0, 0.1) is 0 Å². The number of ether oxygens (including phenoxy) is 1. The van der Waals surface area contributed by atoms with Crippen molar-refractivity contribution in [2.24, 2.45) is 0 Å². The minimum absolute atomic E-state index is 0.0363. The van der Waals surface area contributed by atoms with E-state index in [4.69, 9.17) is 0 Å². The normalized spacial score (nSPS) is 16.5. The maximum atomic E-state index is 13.9. The Morgan fingerprint density at radius 2 is 0.547 bits per heavy atom. The lowest BCUT2D eigenvalue weighted by Crippen LogP contribution is -2.79. The second kappa shape index (κ2) is 12.8. The molecule has 0 saturated carbocycles. The van der Waals surface area contributed by atoms with Gasteiger partial charge in [-0.15, -0.1) is 0 Å². The van der Waals surface area contributed by atoms with Crippen LogP contribution in [0.3, 0.4) is 0 Å². The van der Waals surface area contributed by atoms with Crippen molar-refractivity contribution in [3.05, 3.63) is 12.7 Å². The lowest BCUT2D eigenvalue weighted by molar-refractivity contribution is -0.489. The highest BCUT2D eigenvalue weighted by Crippen LogP contribution is 2.69. The molecule has 0 aliphatic heterocycles. The molecule has 0 aromatic rings. The average Bonchev–Trinajstić information content (AvgIpc) is 2.94. The summed E-state index contributed by atoms with van der Waals surface area (Å²) in [7, 11) is 0. The highest BCUT2D eigenvalue weighted by Gasteiger charge is 3.01. The molecule has 0 aliphatic rings. The van der Waals surface area contributed by atoms with Crippen LogP contribution in [-0.4, -0.2) is 102 Å². The molecule has 0 heterocycles. The number of halogens is 31. The van der Waals surface area contributed by atoms with Crippen LogP contribution in [0.2, 0.25) is 0 Å². The summed E-state index contributed by atoms with van der Waals surface area (Å²) in [6.07, 6.45) is -11.7. The Morgan fingerprint density at radius 3 is 0.736 bits per heavy atom. The molecule has 0 aliphatic carbocycles. The van der Waals surface area contributed by atoms with E-state index in [1.807, 2.05) is 0 Å². The third kappa shape index (κ3) is 6.22. The topological polar surface area (TPSA) is 26.3 Å². The minimum atomic E-state index is -10.1. The highest BCUT2D eigenvalue weighted by molar-refractivity contribution is 5.81. The first kappa shape index (κ1) is 50.0. The molecule has 0 radical (unpaired) electrons. The molecule has 53 heavy (non-hydrogen) atoms. The van der Waals surface area contributed by atoms with Gasteiger partial charge >= 0.3 is 95.1 Å². The van der Waals surface area contributed by atoms with Crippen molar-refractivity contribution >= 4 is 5.97 Å². The van der Waals surface area contributed by atoms with Crippen LogP contribution < -0.4 is 0 Å². The molecule has 0 amide bonds. The lowest BCUT2D eigenvalue weighted by Gasteiger charge is -2.46. The van der Waals surface area contributed by atoms with Gasteiger partial charge in [0.25, 0.3) is 0 Å². The van der Waals surface area contributed by atoms with E-state index in [2.05, 4.69) is 11.3 Å². The maximum Gasteiger partial charge on any atom is 0.460 e. The molecule has 0 rings (SSSR count). The monoisotopic (exact) mass is 868 g/mol. The second-order valence-corrected chi connectivity index (χ2v) is 9.79. The van der Waals surface area contributed by atoms with Gasteiger partial charge in [0.1, 0.15) is 0 Å². The number of carbonyl (C=O) groups excluding carboxylic acids is 1. The zero-order valence-corrected chi connectivity index (χ0v) is 23.2. The van der Waals surface area contributed by atoms with Crippen LogP contribution in [0.4, 0.5) is 136 Å². The fourth-order valence-electron chi connectivity index (χ4n) is 3.07. The quantitative estimate of drug-likeness (QED) is 0.0827. The van der Waals surface area contributed by atoms with E-state index in [-0.39, 0.29) is 6.08 Å². The van der Waals surface area contributed by atoms with Gasteiger partial charge in [-0.2, -0.15) is 136 Å². The number of esters is 1. The first-order valence-corrected chi connectivity index (χ1v) is 11.6. The predicted octanol–water partition coefficient (Wildman–Crippen LogP) is 10.6. The van der Waals surface area contributed by atoms with Crippen molar-refractivity contribution in [2.45, 2.75) is 95.5 Å². The van der Waals surface area contributed by atoms with Crippen LogP contribution >= 0.6 is 0 Å². The number of rotatable bonds is 17. The van der Waals surface area contributed by atoms with Crippen LogP contribution in [0.25, 0.3) is 0 Å². The first-order chi connectivity index (χ1) is 22.5. The van der Waals surface area contributed by atoms with Gasteiger partial charge in [0, 0.05) is 6.08 Å². The molecule has 0 N–H and O–H groups in total.